The highest BCUT2D eigenvalue weighted by Crippen LogP contribution is 2.42. The van der Waals surface area contributed by atoms with Crippen LogP contribution in [0.2, 0.25) is 5.02 Å². The van der Waals surface area contributed by atoms with Gasteiger partial charge in [0.25, 0.3) is 0 Å². The van der Waals surface area contributed by atoms with Gasteiger partial charge >= 0.3 is 0 Å². The van der Waals surface area contributed by atoms with Crippen molar-refractivity contribution in [2.45, 2.75) is 16.9 Å². The average Bonchev–Trinajstić information content (AvgIpc) is 3.20. The molecule has 2 aromatic carbocycles. The molecule has 27 heavy (non-hydrogen) atoms. The third-order valence-electron chi connectivity index (χ3n) is 4.54. The van der Waals surface area contributed by atoms with Crippen molar-refractivity contribution in [3.05, 3.63) is 97.1 Å². The Labute approximate surface area is 179 Å². The van der Waals surface area contributed by atoms with Crippen LogP contribution in [0.4, 0.5) is 0 Å². The highest BCUT2D eigenvalue weighted by molar-refractivity contribution is 9.10. The Bertz CT molecular complexity index is 1020. The predicted molar refractivity (Wildman–Crippen MR) is 117 cm³/mol. The summed E-state index contributed by atoms with van der Waals surface area (Å²) in [4.78, 5) is 14.6. The van der Waals surface area contributed by atoms with Crippen molar-refractivity contribution in [3.63, 3.8) is 0 Å². The lowest BCUT2D eigenvalue weighted by Gasteiger charge is -2.37. The molecule has 2 nitrogen and oxygen atoms in total. The molecule has 1 unspecified atom stereocenters. The van der Waals surface area contributed by atoms with Crippen molar-refractivity contribution in [3.8, 4) is 0 Å². The number of hydrogen-bond acceptors (Lipinski definition) is 4. The first-order chi connectivity index (χ1) is 13.1. The summed E-state index contributed by atoms with van der Waals surface area (Å²) in [5.74, 6) is 0.102. The molecule has 3 aromatic rings. The molecule has 6 heteroatoms. The standard InChI is InChI=1S/C21H15BrClNOS2/c22-16-5-3-4-14(10-16)21(15-8-9-26-13-15)11-18(25)20(12-24-21)27-19-7-2-1-6-17(19)23/h1-10,12-13,24H,11H2. The summed E-state index contributed by atoms with van der Waals surface area (Å²) >= 11 is 12.8. The Hall–Kier alpha value is -1.53. The van der Waals surface area contributed by atoms with Gasteiger partial charge in [0.2, 0.25) is 0 Å². The maximum atomic E-state index is 13.1. The molecular formula is C21H15BrClNOS2. The number of Topliss-reactive ketones (excluding diaryl/α,β-unsaturated/α-hetero) is 1. The number of thioether (sulfide) groups is 1. The quantitative estimate of drug-likeness (QED) is 0.460. The van der Waals surface area contributed by atoms with Gasteiger partial charge in [-0.3, -0.25) is 4.79 Å². The molecule has 0 saturated carbocycles. The topological polar surface area (TPSA) is 29.1 Å². The van der Waals surface area contributed by atoms with E-state index in [-0.39, 0.29) is 5.78 Å². The van der Waals surface area contributed by atoms with Crippen molar-refractivity contribution < 1.29 is 4.79 Å². The van der Waals surface area contributed by atoms with Gasteiger partial charge in [0.1, 0.15) is 0 Å². The van der Waals surface area contributed by atoms with Gasteiger partial charge in [-0.1, -0.05) is 63.6 Å². The molecule has 1 N–H and O–H groups in total. The van der Waals surface area contributed by atoms with E-state index in [0.29, 0.717) is 16.3 Å². The van der Waals surface area contributed by atoms with Crippen molar-refractivity contribution in [2.75, 3.05) is 0 Å². The zero-order valence-corrected chi connectivity index (χ0v) is 18.1. The number of halogens is 2. The highest BCUT2D eigenvalue weighted by atomic mass is 79.9. The van der Waals surface area contributed by atoms with Gasteiger partial charge in [-0.2, -0.15) is 11.3 Å². The molecule has 4 rings (SSSR count). The van der Waals surface area contributed by atoms with Crippen molar-refractivity contribution >= 4 is 56.4 Å². The number of carbonyl (C=O) groups is 1. The van der Waals surface area contributed by atoms with Gasteiger partial charge in [-0.15, -0.1) is 0 Å². The van der Waals surface area contributed by atoms with Crippen LogP contribution in [0, 0.1) is 0 Å². The van der Waals surface area contributed by atoms with E-state index < -0.39 is 5.54 Å². The summed E-state index contributed by atoms with van der Waals surface area (Å²) in [5.41, 5.74) is 1.59. The lowest BCUT2D eigenvalue weighted by molar-refractivity contribution is -0.116. The van der Waals surface area contributed by atoms with E-state index in [4.69, 9.17) is 11.6 Å². The number of hydrogen-bond donors (Lipinski definition) is 1. The minimum Gasteiger partial charge on any atom is -0.376 e. The molecule has 1 atom stereocenters. The van der Waals surface area contributed by atoms with Crippen LogP contribution in [0.3, 0.4) is 0 Å². The van der Waals surface area contributed by atoms with Gasteiger partial charge in [0.05, 0.1) is 15.5 Å². The second kappa shape index (κ2) is 7.84. The molecule has 0 spiro atoms. The third kappa shape index (κ3) is 3.74. The van der Waals surface area contributed by atoms with Gasteiger partial charge in [0, 0.05) is 22.0 Å². The predicted octanol–water partition coefficient (Wildman–Crippen LogP) is 6.60. The third-order valence-corrected chi connectivity index (χ3v) is 7.30. The molecule has 1 aromatic heterocycles. The van der Waals surface area contributed by atoms with E-state index in [1.807, 2.05) is 48.0 Å². The van der Waals surface area contributed by atoms with Gasteiger partial charge in [0.15, 0.2) is 5.78 Å². The number of benzene rings is 2. The summed E-state index contributed by atoms with van der Waals surface area (Å²) in [7, 11) is 0. The molecule has 136 valence electrons. The summed E-state index contributed by atoms with van der Waals surface area (Å²) in [6, 6.07) is 17.8. The summed E-state index contributed by atoms with van der Waals surface area (Å²) in [5, 5.41) is 8.33. The van der Waals surface area contributed by atoms with Crippen molar-refractivity contribution in [1.29, 1.82) is 0 Å². The smallest absolute Gasteiger partial charge is 0.174 e. The van der Waals surface area contributed by atoms with Crippen LogP contribution in [-0.4, -0.2) is 5.78 Å². The molecule has 0 amide bonds. The zero-order chi connectivity index (χ0) is 18.9. The second-order valence-electron chi connectivity index (χ2n) is 6.21. The van der Waals surface area contributed by atoms with E-state index in [1.54, 1.807) is 11.3 Å². The Morgan fingerprint density at radius 1 is 1.11 bits per heavy atom. The fraction of sp³-hybridized carbons (Fsp3) is 0.0952. The fourth-order valence-electron chi connectivity index (χ4n) is 3.18. The summed E-state index contributed by atoms with van der Waals surface area (Å²) in [6.45, 7) is 0. The van der Waals surface area contributed by atoms with Crippen molar-refractivity contribution in [2.24, 2.45) is 0 Å². The van der Waals surface area contributed by atoms with Crippen LogP contribution in [0.5, 0.6) is 0 Å². The largest absolute Gasteiger partial charge is 0.376 e. The first kappa shape index (κ1) is 18.8. The number of thiophene rings is 1. The maximum Gasteiger partial charge on any atom is 0.174 e. The van der Waals surface area contributed by atoms with Crippen molar-refractivity contribution in [1.82, 2.24) is 5.32 Å². The van der Waals surface area contributed by atoms with E-state index in [1.165, 1.54) is 11.8 Å². The van der Waals surface area contributed by atoms with E-state index >= 15 is 0 Å². The molecule has 0 fully saturated rings. The summed E-state index contributed by atoms with van der Waals surface area (Å²) < 4.78 is 0.990. The number of rotatable bonds is 4. The number of nitrogens with one attached hydrogen (secondary N) is 1. The molecule has 0 saturated heterocycles. The Morgan fingerprint density at radius 2 is 1.96 bits per heavy atom. The molecular weight excluding hydrogens is 462 g/mol. The lowest BCUT2D eigenvalue weighted by Crippen LogP contribution is -2.45. The first-order valence-corrected chi connectivity index (χ1v) is 11.2. The minimum atomic E-state index is -0.564. The molecule has 1 aliphatic rings. The normalized spacial score (nSPS) is 19.5. The molecule has 1 aliphatic heterocycles. The van der Waals surface area contributed by atoms with Gasteiger partial charge in [-0.25, -0.2) is 0 Å². The monoisotopic (exact) mass is 475 g/mol. The van der Waals surface area contributed by atoms with Crippen LogP contribution < -0.4 is 5.32 Å². The van der Waals surface area contributed by atoms with Gasteiger partial charge in [-0.05, 0) is 52.2 Å². The maximum absolute atomic E-state index is 13.1. The zero-order valence-electron chi connectivity index (χ0n) is 14.1. The van der Waals surface area contributed by atoms with Crippen LogP contribution in [0.25, 0.3) is 0 Å². The van der Waals surface area contributed by atoms with E-state index in [0.717, 1.165) is 20.5 Å². The second-order valence-corrected chi connectivity index (χ2v) is 9.40. The molecule has 0 radical (unpaired) electrons. The Morgan fingerprint density at radius 3 is 2.67 bits per heavy atom. The van der Waals surface area contributed by atoms with Crippen LogP contribution in [0.15, 0.2) is 85.8 Å². The van der Waals surface area contributed by atoms with E-state index in [9.17, 15) is 4.79 Å². The number of allylic oxidation sites excluding steroid dienone is 1. The average molecular weight is 477 g/mol. The van der Waals surface area contributed by atoms with Crippen LogP contribution in [0.1, 0.15) is 17.5 Å². The SMILES string of the molecule is O=C1CC(c2ccsc2)(c2cccc(Br)c2)NC=C1Sc1ccccc1Cl. The fourth-order valence-corrected chi connectivity index (χ4v) is 5.41. The van der Waals surface area contributed by atoms with Crippen LogP contribution in [-0.2, 0) is 10.3 Å². The highest BCUT2D eigenvalue weighted by Gasteiger charge is 2.40. The number of ketones is 1. The summed E-state index contributed by atoms with van der Waals surface area (Å²) in [6.07, 6.45) is 2.18. The molecule has 0 aliphatic carbocycles. The lowest BCUT2D eigenvalue weighted by atomic mass is 9.79. The van der Waals surface area contributed by atoms with Crippen LogP contribution >= 0.6 is 50.6 Å². The minimum absolute atomic E-state index is 0.102. The van der Waals surface area contributed by atoms with E-state index in [2.05, 4.69) is 44.8 Å². The molecule has 2 heterocycles. The number of carbonyl (C=O) groups excluding carboxylic acids is 1. The molecule has 0 bridgehead atoms. The van der Waals surface area contributed by atoms with Gasteiger partial charge < -0.3 is 5.32 Å². The Balaban J connectivity index is 1.73. The Kier molecular flexibility index (Phi) is 5.46. The first-order valence-electron chi connectivity index (χ1n) is 8.31.